The molecular formula is C11H16I2O3S. The lowest BCUT2D eigenvalue weighted by Crippen LogP contribution is -2.19. The third kappa shape index (κ3) is 12.8. The third-order valence-electron chi connectivity index (χ3n) is 1.42. The zero-order valence-corrected chi connectivity index (χ0v) is 15.1. The highest BCUT2D eigenvalue weighted by atomic mass is 127. The molecule has 98 valence electrons. The van der Waals surface area contributed by atoms with Crippen molar-refractivity contribution in [2.75, 3.05) is 5.75 Å². The quantitative estimate of drug-likeness (QED) is 0.490. The summed E-state index contributed by atoms with van der Waals surface area (Å²) in [6, 6.07) is 8.40. The smallest absolute Gasteiger partial charge is 0.265 e. The maximum atomic E-state index is 10.2. The zero-order chi connectivity index (χ0) is 13.7. The first-order chi connectivity index (χ1) is 7.49. The Morgan fingerprint density at radius 1 is 1.06 bits per heavy atom. The average Bonchev–Trinajstić information content (AvgIpc) is 2.04. The highest BCUT2D eigenvalue weighted by molar-refractivity contribution is 14.1. The molecule has 0 saturated carbocycles. The van der Waals surface area contributed by atoms with Gasteiger partial charge in [0.25, 0.3) is 10.1 Å². The minimum absolute atomic E-state index is 0.181. The lowest BCUT2D eigenvalue weighted by molar-refractivity contribution is 0.422. The van der Waals surface area contributed by atoms with E-state index < -0.39 is 10.1 Å². The van der Waals surface area contributed by atoms with Crippen LogP contribution in [-0.4, -0.2) is 18.7 Å². The SMILES string of the molecule is CC(C)(C)CS(=O)(=O)O.Ic1ccc(I)cc1. The highest BCUT2D eigenvalue weighted by Gasteiger charge is 2.18. The summed E-state index contributed by atoms with van der Waals surface area (Å²) in [5.41, 5.74) is -0.354. The molecule has 0 amide bonds. The van der Waals surface area contributed by atoms with Gasteiger partial charge >= 0.3 is 0 Å². The Morgan fingerprint density at radius 3 is 1.47 bits per heavy atom. The normalized spacial score (nSPS) is 11.6. The topological polar surface area (TPSA) is 54.4 Å². The van der Waals surface area contributed by atoms with Crippen molar-refractivity contribution in [2.24, 2.45) is 5.41 Å². The molecule has 3 nitrogen and oxygen atoms in total. The Kier molecular flexibility index (Phi) is 7.50. The first-order valence-electron chi connectivity index (χ1n) is 4.86. The second kappa shape index (κ2) is 7.25. The van der Waals surface area contributed by atoms with Crippen LogP contribution in [0.25, 0.3) is 0 Å². The van der Waals surface area contributed by atoms with Gasteiger partial charge in [0.15, 0.2) is 0 Å². The monoisotopic (exact) mass is 482 g/mol. The number of rotatable bonds is 1. The van der Waals surface area contributed by atoms with Crippen LogP contribution in [0, 0.1) is 12.6 Å². The van der Waals surface area contributed by atoms with E-state index in [2.05, 4.69) is 69.4 Å². The van der Waals surface area contributed by atoms with Crippen LogP contribution in [0.4, 0.5) is 0 Å². The minimum atomic E-state index is -3.78. The molecule has 0 bridgehead atoms. The molecule has 0 aliphatic rings. The zero-order valence-electron chi connectivity index (χ0n) is 9.94. The Labute approximate surface area is 130 Å². The fourth-order valence-corrected chi connectivity index (χ4v) is 2.79. The van der Waals surface area contributed by atoms with Crippen LogP contribution < -0.4 is 0 Å². The summed E-state index contributed by atoms with van der Waals surface area (Å²) in [5.74, 6) is -0.181. The summed E-state index contributed by atoms with van der Waals surface area (Å²) in [6.45, 7) is 5.25. The van der Waals surface area contributed by atoms with Gasteiger partial charge < -0.3 is 0 Å². The van der Waals surface area contributed by atoms with E-state index in [-0.39, 0.29) is 11.2 Å². The van der Waals surface area contributed by atoms with Crippen LogP contribution in [0.5, 0.6) is 0 Å². The van der Waals surface area contributed by atoms with E-state index in [1.54, 1.807) is 20.8 Å². The van der Waals surface area contributed by atoms with Crippen molar-refractivity contribution < 1.29 is 13.0 Å². The standard InChI is InChI=1S/C6H4I2.C5H12O3S/c7-5-1-2-6(8)4-3-5;1-5(2,3)4-9(6,7)8/h1-4H;4H2,1-3H3,(H,6,7,8). The molecule has 0 aromatic heterocycles. The van der Waals surface area contributed by atoms with Gasteiger partial charge in [-0.3, -0.25) is 4.55 Å². The lowest BCUT2D eigenvalue weighted by atomic mass is 10.0. The predicted molar refractivity (Wildman–Crippen MR) is 87.7 cm³/mol. The molecule has 1 aromatic carbocycles. The average molecular weight is 482 g/mol. The number of benzene rings is 1. The summed E-state index contributed by atoms with van der Waals surface area (Å²) in [5, 5.41) is 0. The minimum Gasteiger partial charge on any atom is -0.286 e. The van der Waals surface area contributed by atoms with Gasteiger partial charge in [-0.1, -0.05) is 20.8 Å². The van der Waals surface area contributed by atoms with Crippen LogP contribution in [0.15, 0.2) is 24.3 Å². The van der Waals surface area contributed by atoms with Crippen LogP contribution in [0.2, 0.25) is 0 Å². The van der Waals surface area contributed by atoms with E-state index in [0.29, 0.717) is 0 Å². The Hall–Kier alpha value is 0.590. The molecule has 0 spiro atoms. The first-order valence-corrected chi connectivity index (χ1v) is 8.62. The van der Waals surface area contributed by atoms with Crippen molar-refractivity contribution >= 4 is 55.3 Å². The first kappa shape index (κ1) is 17.6. The van der Waals surface area contributed by atoms with E-state index in [4.69, 9.17) is 4.55 Å². The largest absolute Gasteiger partial charge is 0.286 e. The van der Waals surface area contributed by atoms with Gasteiger partial charge in [-0.05, 0) is 74.9 Å². The van der Waals surface area contributed by atoms with Crippen LogP contribution >= 0.6 is 45.2 Å². The van der Waals surface area contributed by atoms with Crippen molar-refractivity contribution in [3.63, 3.8) is 0 Å². The van der Waals surface area contributed by atoms with Gasteiger partial charge in [0, 0.05) is 7.14 Å². The second-order valence-electron chi connectivity index (χ2n) is 4.72. The summed E-state index contributed by atoms with van der Waals surface area (Å²) >= 11 is 4.59. The third-order valence-corrected chi connectivity index (χ3v) is 4.09. The predicted octanol–water partition coefficient (Wildman–Crippen LogP) is 3.82. The second-order valence-corrected chi connectivity index (χ2v) is 8.67. The maximum absolute atomic E-state index is 10.2. The molecule has 0 radical (unpaired) electrons. The summed E-state index contributed by atoms with van der Waals surface area (Å²) in [6.07, 6.45) is 0. The van der Waals surface area contributed by atoms with Gasteiger partial charge in [-0.25, -0.2) is 0 Å². The number of hydrogen-bond donors (Lipinski definition) is 1. The van der Waals surface area contributed by atoms with Gasteiger partial charge in [-0.15, -0.1) is 0 Å². The molecule has 17 heavy (non-hydrogen) atoms. The molecule has 0 fully saturated rings. The molecule has 1 aromatic rings. The van der Waals surface area contributed by atoms with Gasteiger partial charge in [-0.2, -0.15) is 8.42 Å². The molecule has 0 unspecified atom stereocenters. The lowest BCUT2D eigenvalue weighted by Gasteiger charge is -2.14. The molecule has 0 heterocycles. The fraction of sp³-hybridized carbons (Fsp3) is 0.455. The van der Waals surface area contributed by atoms with E-state index in [0.717, 1.165) is 0 Å². The van der Waals surface area contributed by atoms with E-state index in [1.807, 2.05) is 0 Å². The Balaban J connectivity index is 0.000000302. The molecular weight excluding hydrogens is 466 g/mol. The number of hydrogen-bond acceptors (Lipinski definition) is 2. The summed E-state index contributed by atoms with van der Waals surface area (Å²) in [7, 11) is -3.78. The maximum Gasteiger partial charge on any atom is 0.265 e. The highest BCUT2D eigenvalue weighted by Crippen LogP contribution is 2.14. The molecule has 0 atom stereocenters. The summed E-state index contributed by atoms with van der Waals surface area (Å²) < 4.78 is 31.3. The van der Waals surface area contributed by atoms with Gasteiger partial charge in [0.1, 0.15) is 0 Å². The van der Waals surface area contributed by atoms with E-state index >= 15 is 0 Å². The van der Waals surface area contributed by atoms with E-state index in [9.17, 15) is 8.42 Å². The van der Waals surface area contributed by atoms with Crippen LogP contribution in [-0.2, 0) is 10.1 Å². The van der Waals surface area contributed by atoms with Crippen molar-refractivity contribution in [1.29, 1.82) is 0 Å². The van der Waals surface area contributed by atoms with Crippen LogP contribution in [0.1, 0.15) is 20.8 Å². The Morgan fingerprint density at radius 2 is 1.35 bits per heavy atom. The van der Waals surface area contributed by atoms with Crippen molar-refractivity contribution in [1.82, 2.24) is 0 Å². The Bertz CT molecular complexity index is 412. The molecule has 0 aliphatic carbocycles. The number of halogens is 2. The molecule has 0 aliphatic heterocycles. The molecule has 1 N–H and O–H groups in total. The van der Waals surface area contributed by atoms with Gasteiger partial charge in [0.2, 0.25) is 0 Å². The van der Waals surface area contributed by atoms with Crippen molar-refractivity contribution in [2.45, 2.75) is 20.8 Å². The van der Waals surface area contributed by atoms with Crippen LogP contribution in [0.3, 0.4) is 0 Å². The fourth-order valence-electron chi connectivity index (χ4n) is 0.977. The van der Waals surface area contributed by atoms with Crippen molar-refractivity contribution in [3.05, 3.63) is 31.4 Å². The van der Waals surface area contributed by atoms with Gasteiger partial charge in [0.05, 0.1) is 5.75 Å². The van der Waals surface area contributed by atoms with E-state index in [1.165, 1.54) is 7.14 Å². The summed E-state index contributed by atoms with van der Waals surface area (Å²) in [4.78, 5) is 0. The molecule has 1 rings (SSSR count). The molecule has 0 saturated heterocycles. The van der Waals surface area contributed by atoms with Crippen molar-refractivity contribution in [3.8, 4) is 0 Å². The molecule has 6 heteroatoms.